The Morgan fingerprint density at radius 1 is 1.16 bits per heavy atom. The number of hydrogen-bond acceptors (Lipinski definition) is 6. The average Bonchev–Trinajstić information content (AvgIpc) is 2.85. The molecule has 0 radical (unpaired) electrons. The highest BCUT2D eigenvalue weighted by Crippen LogP contribution is 2.33. The lowest BCUT2D eigenvalue weighted by Gasteiger charge is -2.19. The molecule has 2 aromatic rings. The number of para-hydroxylation sites is 1. The summed E-state index contributed by atoms with van der Waals surface area (Å²) in [4.78, 5) is 20.9. The van der Waals surface area contributed by atoms with Gasteiger partial charge in [0.15, 0.2) is 0 Å². The van der Waals surface area contributed by atoms with Crippen LogP contribution >= 0.6 is 11.6 Å². The summed E-state index contributed by atoms with van der Waals surface area (Å²) in [5.74, 6) is -1.85. The second kappa shape index (κ2) is 8.93. The minimum absolute atomic E-state index is 0.0702. The Hall–Kier alpha value is -3.13. The van der Waals surface area contributed by atoms with Crippen LogP contribution in [0.1, 0.15) is 38.8 Å². The Bertz CT molecular complexity index is 1100. The number of halogens is 3. The van der Waals surface area contributed by atoms with Gasteiger partial charge in [0.1, 0.15) is 28.8 Å². The fourth-order valence-corrected chi connectivity index (χ4v) is 2.99. The highest BCUT2D eigenvalue weighted by molar-refractivity contribution is 6.36. The summed E-state index contributed by atoms with van der Waals surface area (Å²) in [5, 5.41) is 4.28. The number of amidine groups is 1. The van der Waals surface area contributed by atoms with Gasteiger partial charge in [0, 0.05) is 5.56 Å². The maximum absolute atomic E-state index is 14.5. The van der Waals surface area contributed by atoms with Crippen molar-refractivity contribution in [2.45, 2.75) is 33.3 Å². The fourth-order valence-electron chi connectivity index (χ4n) is 2.77. The molecule has 1 aliphatic rings. The van der Waals surface area contributed by atoms with Gasteiger partial charge in [-0.2, -0.15) is 5.10 Å². The van der Waals surface area contributed by atoms with Gasteiger partial charge in [0.25, 0.3) is 0 Å². The van der Waals surface area contributed by atoms with Crippen LogP contribution in [0, 0.1) is 11.6 Å². The van der Waals surface area contributed by atoms with Crippen LogP contribution in [-0.4, -0.2) is 35.4 Å². The van der Waals surface area contributed by atoms with E-state index in [0.29, 0.717) is 5.56 Å². The first-order valence-electron chi connectivity index (χ1n) is 9.46. The van der Waals surface area contributed by atoms with Crippen molar-refractivity contribution in [2.24, 2.45) is 15.1 Å². The topological polar surface area (TPSA) is 75.4 Å². The van der Waals surface area contributed by atoms with Crippen molar-refractivity contribution in [2.75, 3.05) is 6.54 Å². The number of carbonyl (C=O) groups is 1. The molecule has 1 N–H and O–H groups in total. The molecule has 162 valence electrons. The molecule has 1 aliphatic heterocycles. The zero-order valence-electron chi connectivity index (χ0n) is 17.5. The first-order valence-corrected chi connectivity index (χ1v) is 9.83. The molecular formula is C22H21ClF2N4O2. The molecule has 9 heteroatoms. The van der Waals surface area contributed by atoms with Crippen molar-refractivity contribution in [3.63, 3.8) is 0 Å². The van der Waals surface area contributed by atoms with Crippen LogP contribution in [0.5, 0.6) is 0 Å². The van der Waals surface area contributed by atoms with E-state index in [2.05, 4.69) is 20.5 Å². The van der Waals surface area contributed by atoms with E-state index in [1.54, 1.807) is 39.0 Å². The van der Waals surface area contributed by atoms with E-state index in [4.69, 9.17) is 16.3 Å². The SMILES string of the molecule is C/C(=N/NC1=Nc2c(Cl)cccc2C(c2c(F)cccc2F)=NC1)C(=O)OC(C)(C)C. The van der Waals surface area contributed by atoms with Gasteiger partial charge in [0.2, 0.25) is 0 Å². The summed E-state index contributed by atoms with van der Waals surface area (Å²) < 4.78 is 34.2. The van der Waals surface area contributed by atoms with Crippen molar-refractivity contribution in [3.8, 4) is 0 Å². The standard InChI is InChI=1S/C22H21ClF2N4O2/c1-12(21(30)31-22(2,3)4)28-29-17-11-26-20(18-15(24)9-6-10-16(18)25)13-7-5-8-14(23)19(13)27-17/h5-10H,11H2,1-4H3,(H,27,29)/b28-12-. The highest BCUT2D eigenvalue weighted by Gasteiger charge is 2.23. The quantitative estimate of drug-likeness (QED) is 0.418. The first-order chi connectivity index (χ1) is 14.6. The number of nitrogens with zero attached hydrogens (tertiary/aromatic N) is 3. The molecule has 0 unspecified atom stereocenters. The van der Waals surface area contributed by atoms with E-state index in [1.165, 1.54) is 13.0 Å². The number of carbonyl (C=O) groups excluding carboxylic acids is 1. The van der Waals surface area contributed by atoms with E-state index >= 15 is 0 Å². The van der Waals surface area contributed by atoms with E-state index in [9.17, 15) is 13.6 Å². The van der Waals surface area contributed by atoms with E-state index in [0.717, 1.165) is 12.1 Å². The predicted molar refractivity (Wildman–Crippen MR) is 118 cm³/mol. The van der Waals surface area contributed by atoms with Gasteiger partial charge in [-0.15, -0.1) is 0 Å². The van der Waals surface area contributed by atoms with Crippen molar-refractivity contribution in [3.05, 3.63) is 64.2 Å². The Balaban J connectivity index is 1.98. The minimum Gasteiger partial charge on any atom is -0.455 e. The van der Waals surface area contributed by atoms with E-state index in [1.807, 2.05) is 0 Å². The van der Waals surface area contributed by atoms with Gasteiger partial charge in [0.05, 0.1) is 28.5 Å². The van der Waals surface area contributed by atoms with Gasteiger partial charge < -0.3 is 4.74 Å². The third-order valence-corrected chi connectivity index (χ3v) is 4.43. The smallest absolute Gasteiger partial charge is 0.354 e. The molecule has 0 amide bonds. The largest absolute Gasteiger partial charge is 0.455 e. The molecule has 0 saturated heterocycles. The summed E-state index contributed by atoms with van der Waals surface area (Å²) in [6.45, 7) is 6.66. The number of hydrazone groups is 1. The lowest BCUT2D eigenvalue weighted by Crippen LogP contribution is -2.30. The lowest BCUT2D eigenvalue weighted by molar-refractivity contribution is -0.146. The number of fused-ring (bicyclic) bond motifs is 1. The molecule has 0 aliphatic carbocycles. The Morgan fingerprint density at radius 2 is 1.81 bits per heavy atom. The van der Waals surface area contributed by atoms with Gasteiger partial charge in [-0.3, -0.25) is 10.4 Å². The van der Waals surface area contributed by atoms with Crippen molar-refractivity contribution in [1.29, 1.82) is 0 Å². The van der Waals surface area contributed by atoms with Crippen LogP contribution in [0.2, 0.25) is 5.02 Å². The van der Waals surface area contributed by atoms with Crippen molar-refractivity contribution in [1.82, 2.24) is 5.43 Å². The monoisotopic (exact) mass is 446 g/mol. The van der Waals surface area contributed by atoms with Crippen LogP contribution < -0.4 is 5.43 Å². The van der Waals surface area contributed by atoms with Crippen LogP contribution in [0.15, 0.2) is 51.5 Å². The lowest BCUT2D eigenvalue weighted by atomic mass is 9.99. The molecule has 0 aromatic heterocycles. The Morgan fingerprint density at radius 3 is 2.45 bits per heavy atom. The number of hydrogen-bond donors (Lipinski definition) is 1. The first kappa shape index (κ1) is 22.6. The van der Waals surface area contributed by atoms with Gasteiger partial charge in [-0.1, -0.05) is 29.8 Å². The molecule has 1 heterocycles. The second-order valence-corrected chi connectivity index (χ2v) is 8.17. The van der Waals surface area contributed by atoms with Crippen LogP contribution in [0.3, 0.4) is 0 Å². The van der Waals surface area contributed by atoms with Crippen LogP contribution in [0.4, 0.5) is 14.5 Å². The third kappa shape index (κ3) is 5.32. The molecule has 6 nitrogen and oxygen atoms in total. The maximum atomic E-state index is 14.5. The summed E-state index contributed by atoms with van der Waals surface area (Å²) >= 11 is 6.31. The Labute approximate surface area is 183 Å². The number of nitrogens with one attached hydrogen (secondary N) is 1. The molecule has 0 bridgehead atoms. The predicted octanol–water partition coefficient (Wildman–Crippen LogP) is 4.81. The number of rotatable bonds is 3. The number of esters is 1. The molecule has 0 saturated carbocycles. The summed E-state index contributed by atoms with van der Waals surface area (Å²) in [7, 11) is 0. The molecule has 3 rings (SSSR count). The van der Waals surface area contributed by atoms with E-state index in [-0.39, 0.29) is 40.1 Å². The molecule has 0 spiro atoms. The zero-order valence-corrected chi connectivity index (χ0v) is 18.2. The molecular weight excluding hydrogens is 426 g/mol. The minimum atomic E-state index is -0.750. The molecule has 31 heavy (non-hydrogen) atoms. The second-order valence-electron chi connectivity index (χ2n) is 7.77. The van der Waals surface area contributed by atoms with Gasteiger partial charge >= 0.3 is 5.97 Å². The Kier molecular flexibility index (Phi) is 6.50. The maximum Gasteiger partial charge on any atom is 0.354 e. The number of ether oxygens (including phenoxy) is 1. The summed E-state index contributed by atoms with van der Waals surface area (Å²) in [5.41, 5.74) is 2.57. The average molecular weight is 447 g/mol. The van der Waals surface area contributed by atoms with Crippen LogP contribution in [-0.2, 0) is 9.53 Å². The third-order valence-electron chi connectivity index (χ3n) is 4.12. The van der Waals surface area contributed by atoms with Gasteiger partial charge in [-0.25, -0.2) is 18.6 Å². The van der Waals surface area contributed by atoms with E-state index < -0.39 is 23.2 Å². The zero-order chi connectivity index (χ0) is 22.8. The van der Waals surface area contributed by atoms with Crippen LogP contribution in [0.25, 0.3) is 0 Å². The number of aliphatic imine (C=N–C) groups is 2. The van der Waals surface area contributed by atoms with Crippen molar-refractivity contribution < 1.29 is 18.3 Å². The normalized spacial score (nSPS) is 14.2. The molecule has 2 aromatic carbocycles. The van der Waals surface area contributed by atoms with Crippen molar-refractivity contribution >= 4 is 40.5 Å². The summed E-state index contributed by atoms with van der Waals surface area (Å²) in [6.07, 6.45) is 0. The van der Waals surface area contributed by atoms with Gasteiger partial charge in [-0.05, 0) is 45.9 Å². The number of benzene rings is 2. The molecule has 0 fully saturated rings. The fraction of sp³-hybridized carbons (Fsp3) is 0.273. The highest BCUT2D eigenvalue weighted by atomic mass is 35.5. The molecule has 0 atom stereocenters. The summed E-state index contributed by atoms with van der Waals surface area (Å²) in [6, 6.07) is 8.48.